The first kappa shape index (κ1) is 19.6. The normalized spacial score (nSPS) is 17.0. The Morgan fingerprint density at radius 1 is 1.19 bits per heavy atom. The van der Waals surface area contributed by atoms with Gasteiger partial charge in [0.15, 0.2) is 5.96 Å². The lowest BCUT2D eigenvalue weighted by molar-refractivity contribution is 0.260. The molecule has 2 aromatic heterocycles. The number of rotatable bonds is 7. The van der Waals surface area contributed by atoms with Gasteiger partial charge in [0.05, 0.1) is 0 Å². The summed E-state index contributed by atoms with van der Waals surface area (Å²) >= 11 is 1.81. The molecule has 0 saturated carbocycles. The molecule has 146 valence electrons. The molecular weight excluding hydrogens is 358 g/mol. The number of nitrogens with zero attached hydrogens (tertiary/aromatic N) is 5. The number of hydrogen-bond acceptors (Lipinski definition) is 6. The summed E-state index contributed by atoms with van der Waals surface area (Å²) in [5.74, 6) is 2.19. The SMILES string of the molecule is CN=C(NCCN1CCN(c2ncccn2)CC1)NCC(C)c1cccs1. The van der Waals surface area contributed by atoms with Crippen LogP contribution < -0.4 is 15.5 Å². The van der Waals surface area contributed by atoms with E-state index in [1.807, 2.05) is 13.1 Å². The van der Waals surface area contributed by atoms with Crippen LogP contribution in [0.1, 0.15) is 17.7 Å². The zero-order valence-corrected chi connectivity index (χ0v) is 17.0. The lowest BCUT2D eigenvalue weighted by atomic mass is 10.1. The first-order valence-electron chi connectivity index (χ1n) is 9.48. The summed E-state index contributed by atoms with van der Waals surface area (Å²) in [4.78, 5) is 19.1. The number of nitrogens with one attached hydrogen (secondary N) is 2. The van der Waals surface area contributed by atoms with Gasteiger partial charge >= 0.3 is 0 Å². The van der Waals surface area contributed by atoms with Crippen LogP contribution in [-0.2, 0) is 0 Å². The number of piperazine rings is 1. The van der Waals surface area contributed by atoms with Crippen LogP contribution in [0.25, 0.3) is 0 Å². The molecule has 27 heavy (non-hydrogen) atoms. The first-order chi connectivity index (χ1) is 13.3. The second-order valence-corrected chi connectivity index (χ2v) is 7.65. The van der Waals surface area contributed by atoms with Crippen molar-refractivity contribution in [3.63, 3.8) is 0 Å². The predicted octanol–water partition coefficient (Wildman–Crippen LogP) is 1.63. The van der Waals surface area contributed by atoms with Crippen LogP contribution in [0.4, 0.5) is 5.95 Å². The molecule has 0 radical (unpaired) electrons. The van der Waals surface area contributed by atoms with Crippen LogP contribution in [0, 0.1) is 0 Å². The highest BCUT2D eigenvalue weighted by molar-refractivity contribution is 7.10. The second kappa shape index (κ2) is 10.2. The highest BCUT2D eigenvalue weighted by Gasteiger charge is 2.18. The molecule has 1 saturated heterocycles. The van der Waals surface area contributed by atoms with Gasteiger partial charge in [-0.1, -0.05) is 13.0 Å². The molecule has 1 unspecified atom stereocenters. The molecule has 0 aliphatic carbocycles. The molecule has 2 aromatic rings. The van der Waals surface area contributed by atoms with Gasteiger partial charge in [-0.15, -0.1) is 11.3 Å². The maximum Gasteiger partial charge on any atom is 0.225 e. The quantitative estimate of drug-likeness (QED) is 0.556. The summed E-state index contributed by atoms with van der Waals surface area (Å²) < 4.78 is 0. The van der Waals surface area contributed by atoms with E-state index in [1.165, 1.54) is 4.88 Å². The van der Waals surface area contributed by atoms with E-state index >= 15 is 0 Å². The van der Waals surface area contributed by atoms with E-state index in [2.05, 4.69) is 59.8 Å². The minimum Gasteiger partial charge on any atom is -0.356 e. The van der Waals surface area contributed by atoms with Gasteiger partial charge < -0.3 is 15.5 Å². The van der Waals surface area contributed by atoms with E-state index in [4.69, 9.17) is 0 Å². The lowest BCUT2D eigenvalue weighted by Gasteiger charge is -2.34. The number of hydrogen-bond donors (Lipinski definition) is 2. The Morgan fingerprint density at radius 2 is 1.96 bits per heavy atom. The topological polar surface area (TPSA) is 68.7 Å². The number of guanidine groups is 1. The molecule has 1 atom stereocenters. The van der Waals surface area contributed by atoms with Gasteiger partial charge in [-0.3, -0.25) is 9.89 Å². The van der Waals surface area contributed by atoms with Gasteiger partial charge in [0.25, 0.3) is 0 Å². The molecule has 3 rings (SSSR count). The Labute approximate surface area is 165 Å². The first-order valence-corrected chi connectivity index (χ1v) is 10.4. The third kappa shape index (κ3) is 5.90. The smallest absolute Gasteiger partial charge is 0.225 e. The molecule has 1 aliphatic heterocycles. The number of thiophene rings is 1. The van der Waals surface area contributed by atoms with E-state index in [1.54, 1.807) is 23.7 Å². The Balaban J connectivity index is 1.33. The van der Waals surface area contributed by atoms with Crippen LogP contribution in [-0.4, -0.2) is 73.7 Å². The van der Waals surface area contributed by atoms with Crippen molar-refractivity contribution in [2.24, 2.45) is 4.99 Å². The molecule has 0 spiro atoms. The summed E-state index contributed by atoms with van der Waals surface area (Å²) in [5, 5.41) is 8.98. The van der Waals surface area contributed by atoms with Crippen molar-refractivity contribution >= 4 is 23.2 Å². The van der Waals surface area contributed by atoms with Crippen LogP contribution in [0.3, 0.4) is 0 Å². The summed E-state index contributed by atoms with van der Waals surface area (Å²) in [7, 11) is 1.82. The Bertz CT molecular complexity index is 681. The monoisotopic (exact) mass is 387 g/mol. The third-order valence-corrected chi connectivity index (χ3v) is 5.86. The van der Waals surface area contributed by atoms with Crippen molar-refractivity contribution in [1.82, 2.24) is 25.5 Å². The molecule has 1 aliphatic rings. The molecule has 1 fully saturated rings. The molecule has 0 amide bonds. The van der Waals surface area contributed by atoms with Crippen molar-refractivity contribution in [2.45, 2.75) is 12.8 Å². The van der Waals surface area contributed by atoms with Gasteiger partial charge in [0.1, 0.15) is 0 Å². The maximum atomic E-state index is 4.34. The molecule has 8 heteroatoms. The average Bonchev–Trinajstić information content (AvgIpc) is 3.26. The largest absolute Gasteiger partial charge is 0.356 e. The highest BCUT2D eigenvalue weighted by atomic mass is 32.1. The van der Waals surface area contributed by atoms with Gasteiger partial charge in [-0.2, -0.15) is 0 Å². The summed E-state index contributed by atoms with van der Waals surface area (Å²) in [6.45, 7) is 9.00. The average molecular weight is 388 g/mol. The summed E-state index contributed by atoms with van der Waals surface area (Å²) in [6.07, 6.45) is 3.60. The van der Waals surface area contributed by atoms with Crippen molar-refractivity contribution in [3.8, 4) is 0 Å². The number of aliphatic imine (C=N–C) groups is 1. The predicted molar refractivity (Wildman–Crippen MR) is 113 cm³/mol. The molecule has 3 heterocycles. The zero-order valence-electron chi connectivity index (χ0n) is 16.1. The zero-order chi connectivity index (χ0) is 18.9. The second-order valence-electron chi connectivity index (χ2n) is 6.67. The highest BCUT2D eigenvalue weighted by Crippen LogP contribution is 2.19. The molecular formula is C19H29N7S. The van der Waals surface area contributed by atoms with E-state index in [-0.39, 0.29) is 0 Å². The molecule has 7 nitrogen and oxygen atoms in total. The minimum atomic E-state index is 0.483. The van der Waals surface area contributed by atoms with Crippen LogP contribution in [0.15, 0.2) is 41.0 Å². The van der Waals surface area contributed by atoms with Crippen LogP contribution in [0.5, 0.6) is 0 Å². The minimum absolute atomic E-state index is 0.483. The van der Waals surface area contributed by atoms with E-state index in [0.29, 0.717) is 5.92 Å². The van der Waals surface area contributed by atoms with Gasteiger partial charge in [-0.25, -0.2) is 9.97 Å². The van der Waals surface area contributed by atoms with Gasteiger partial charge in [0, 0.05) is 76.0 Å². The standard InChI is InChI=1S/C19H29N7S/c1-16(17-5-3-14-27-17)15-24-18(20-2)21-8-9-25-10-12-26(13-11-25)19-22-6-4-7-23-19/h3-7,14,16H,8-13,15H2,1-2H3,(H2,20,21,24). The molecule has 0 aromatic carbocycles. The summed E-state index contributed by atoms with van der Waals surface area (Å²) in [5.41, 5.74) is 0. The van der Waals surface area contributed by atoms with Crippen molar-refractivity contribution in [1.29, 1.82) is 0 Å². The van der Waals surface area contributed by atoms with Crippen LogP contribution >= 0.6 is 11.3 Å². The summed E-state index contributed by atoms with van der Waals surface area (Å²) in [6, 6.07) is 6.15. The lowest BCUT2D eigenvalue weighted by Crippen LogP contribution is -2.49. The van der Waals surface area contributed by atoms with Gasteiger partial charge in [0.2, 0.25) is 5.95 Å². The fourth-order valence-electron chi connectivity index (χ4n) is 3.10. The van der Waals surface area contributed by atoms with Crippen LogP contribution in [0.2, 0.25) is 0 Å². The Hall–Kier alpha value is -2.19. The fraction of sp³-hybridized carbons (Fsp3) is 0.526. The van der Waals surface area contributed by atoms with E-state index in [9.17, 15) is 0 Å². The third-order valence-electron chi connectivity index (χ3n) is 4.76. The maximum absolute atomic E-state index is 4.34. The van der Waals surface area contributed by atoms with Gasteiger partial charge in [-0.05, 0) is 17.5 Å². The molecule has 2 N–H and O–H groups in total. The van der Waals surface area contributed by atoms with E-state index < -0.39 is 0 Å². The van der Waals surface area contributed by atoms with E-state index in [0.717, 1.165) is 57.7 Å². The van der Waals surface area contributed by atoms with Crippen molar-refractivity contribution in [2.75, 3.05) is 57.8 Å². The number of aromatic nitrogens is 2. The van der Waals surface area contributed by atoms with Crippen molar-refractivity contribution < 1.29 is 0 Å². The Morgan fingerprint density at radius 3 is 2.63 bits per heavy atom. The fourth-order valence-corrected chi connectivity index (χ4v) is 3.89. The number of anilines is 1. The molecule has 0 bridgehead atoms. The Kier molecular flexibility index (Phi) is 7.41. The van der Waals surface area contributed by atoms with Crippen molar-refractivity contribution in [3.05, 3.63) is 40.8 Å².